The number of pyridine rings is 1. The molecule has 0 unspecified atom stereocenters. The average molecular weight is 582 g/mol. The van der Waals surface area contributed by atoms with Crippen molar-refractivity contribution in [3.05, 3.63) is 115 Å². The van der Waals surface area contributed by atoms with E-state index in [0.717, 1.165) is 77.6 Å². The third-order valence-corrected chi connectivity index (χ3v) is 8.42. The second-order valence-electron chi connectivity index (χ2n) is 11.4. The van der Waals surface area contributed by atoms with E-state index in [2.05, 4.69) is 85.7 Å². The molecule has 1 saturated heterocycles. The van der Waals surface area contributed by atoms with Crippen molar-refractivity contribution in [2.75, 3.05) is 18.4 Å². The van der Waals surface area contributed by atoms with E-state index < -0.39 is 0 Å². The lowest BCUT2D eigenvalue weighted by Crippen LogP contribution is -2.34. The van der Waals surface area contributed by atoms with Gasteiger partial charge < -0.3 is 5.32 Å². The van der Waals surface area contributed by atoms with E-state index in [1.54, 1.807) is 0 Å². The highest BCUT2D eigenvalue weighted by Crippen LogP contribution is 2.33. The number of hydrogen-bond acceptors (Lipinski definition) is 5. The molecule has 3 aromatic carbocycles. The number of imidazole rings is 1. The highest BCUT2D eigenvalue weighted by atomic mass is 16.1. The van der Waals surface area contributed by atoms with Gasteiger partial charge in [0.1, 0.15) is 11.3 Å². The van der Waals surface area contributed by atoms with E-state index in [1.807, 2.05) is 60.3 Å². The summed E-state index contributed by atoms with van der Waals surface area (Å²) in [5.74, 6) is -0.00231. The molecule has 1 aliphatic rings. The van der Waals surface area contributed by atoms with Gasteiger partial charge in [-0.2, -0.15) is 0 Å². The van der Waals surface area contributed by atoms with Gasteiger partial charge in [-0.05, 0) is 42.7 Å². The maximum absolute atomic E-state index is 11.8. The summed E-state index contributed by atoms with van der Waals surface area (Å²) in [6, 6.07) is 33.6. The molecular weight excluding hydrogens is 546 g/mol. The zero-order valence-electron chi connectivity index (χ0n) is 24.8. The summed E-state index contributed by atoms with van der Waals surface area (Å²) >= 11 is 0. The highest BCUT2D eigenvalue weighted by Gasteiger charge is 2.22. The average Bonchev–Trinajstić information content (AvgIpc) is 3.72. The lowest BCUT2D eigenvalue weighted by molar-refractivity contribution is -0.115. The molecule has 1 fully saturated rings. The molecule has 6 aromatic rings. The first-order chi connectivity index (χ1) is 21.6. The van der Waals surface area contributed by atoms with Crippen LogP contribution < -0.4 is 5.32 Å². The number of piperidine rings is 1. The minimum Gasteiger partial charge on any atom is -0.326 e. The fourth-order valence-corrected chi connectivity index (χ4v) is 6.03. The third kappa shape index (κ3) is 5.76. The first-order valence-corrected chi connectivity index (χ1v) is 15.3. The Kier molecular flexibility index (Phi) is 7.73. The predicted octanol–water partition coefficient (Wildman–Crippen LogP) is 7.11. The quantitative estimate of drug-likeness (QED) is 0.207. The van der Waals surface area contributed by atoms with Crippen molar-refractivity contribution in [3.63, 3.8) is 0 Å². The van der Waals surface area contributed by atoms with Gasteiger partial charge in [-0.1, -0.05) is 84.9 Å². The smallest absolute Gasteiger partial charge is 0.224 e. The second kappa shape index (κ2) is 12.3. The van der Waals surface area contributed by atoms with E-state index in [1.165, 1.54) is 5.56 Å². The Hall–Kier alpha value is -5.08. The Balaban J connectivity index is 1.000. The first kappa shape index (κ1) is 27.7. The molecule has 0 radical (unpaired) electrons. The van der Waals surface area contributed by atoms with Crippen LogP contribution >= 0.6 is 0 Å². The molecule has 220 valence electrons. The summed E-state index contributed by atoms with van der Waals surface area (Å²) in [7, 11) is 0. The van der Waals surface area contributed by atoms with Gasteiger partial charge in [-0.3, -0.25) is 14.1 Å². The number of amides is 1. The van der Waals surface area contributed by atoms with Gasteiger partial charge in [0.15, 0.2) is 0 Å². The molecule has 0 atom stereocenters. The van der Waals surface area contributed by atoms with Gasteiger partial charge >= 0.3 is 0 Å². The molecule has 1 amide bonds. The van der Waals surface area contributed by atoms with Crippen LogP contribution in [0.3, 0.4) is 0 Å². The molecule has 1 N–H and O–H groups in total. The fourth-order valence-electron chi connectivity index (χ4n) is 6.03. The number of hydrogen-bond donors (Lipinski definition) is 1. The minimum absolute atomic E-state index is 0.00231. The first-order valence-electron chi connectivity index (χ1n) is 15.3. The van der Waals surface area contributed by atoms with E-state index in [0.29, 0.717) is 12.5 Å². The van der Waals surface area contributed by atoms with Crippen molar-refractivity contribution < 1.29 is 4.79 Å². The van der Waals surface area contributed by atoms with Crippen LogP contribution in [0.1, 0.15) is 37.8 Å². The van der Waals surface area contributed by atoms with Gasteiger partial charge in [-0.25, -0.2) is 9.67 Å². The summed E-state index contributed by atoms with van der Waals surface area (Å²) in [5.41, 5.74) is 9.18. The maximum atomic E-state index is 11.8. The molecule has 3 aromatic heterocycles. The van der Waals surface area contributed by atoms with Crippen molar-refractivity contribution in [1.29, 1.82) is 0 Å². The number of rotatable bonds is 8. The van der Waals surface area contributed by atoms with Crippen molar-refractivity contribution in [2.24, 2.45) is 0 Å². The standard InChI is InChI=1S/C36H35N7O/c1-2-34(44)37-30-12-8-11-29(23-30)32-25-43(40-39-32)31-18-21-41(22-19-31)24-26-14-16-27(17-15-26)35-36(28-9-4-3-5-10-28)42-20-7-6-13-33(42)38-35/h3-17,20,23,25,31H,2,18-19,21-22,24H2,1H3,(H,37,44). The largest absolute Gasteiger partial charge is 0.326 e. The Morgan fingerprint density at radius 3 is 2.43 bits per heavy atom. The summed E-state index contributed by atoms with van der Waals surface area (Å²) in [4.78, 5) is 19.3. The summed E-state index contributed by atoms with van der Waals surface area (Å²) in [6.07, 6.45) is 6.61. The lowest BCUT2D eigenvalue weighted by atomic mass is 10.0. The van der Waals surface area contributed by atoms with Gasteiger partial charge in [-0.15, -0.1) is 5.10 Å². The van der Waals surface area contributed by atoms with Crippen molar-refractivity contribution in [2.45, 2.75) is 38.8 Å². The van der Waals surface area contributed by atoms with Gasteiger partial charge in [0, 0.05) is 54.6 Å². The molecule has 0 bridgehead atoms. The van der Waals surface area contributed by atoms with E-state index in [9.17, 15) is 4.79 Å². The van der Waals surface area contributed by atoms with Crippen LogP contribution in [-0.4, -0.2) is 48.3 Å². The summed E-state index contributed by atoms with van der Waals surface area (Å²) in [6.45, 7) is 4.77. The van der Waals surface area contributed by atoms with Crippen molar-refractivity contribution in [1.82, 2.24) is 29.3 Å². The Morgan fingerprint density at radius 1 is 0.864 bits per heavy atom. The summed E-state index contributed by atoms with van der Waals surface area (Å²) < 4.78 is 4.18. The number of fused-ring (bicyclic) bond motifs is 1. The molecule has 7 rings (SSSR count). The lowest BCUT2D eigenvalue weighted by Gasteiger charge is -2.31. The number of anilines is 1. The third-order valence-electron chi connectivity index (χ3n) is 8.42. The van der Waals surface area contributed by atoms with Crippen LogP contribution in [0.5, 0.6) is 0 Å². The van der Waals surface area contributed by atoms with E-state index >= 15 is 0 Å². The zero-order chi connectivity index (χ0) is 29.9. The normalized spacial score (nSPS) is 14.2. The van der Waals surface area contributed by atoms with Crippen LogP contribution in [-0.2, 0) is 11.3 Å². The van der Waals surface area contributed by atoms with Crippen LogP contribution in [0.2, 0.25) is 0 Å². The Labute approximate surface area is 257 Å². The van der Waals surface area contributed by atoms with Crippen LogP contribution in [0.4, 0.5) is 5.69 Å². The Bertz CT molecular complexity index is 1880. The second-order valence-corrected chi connectivity index (χ2v) is 11.4. The van der Waals surface area contributed by atoms with Crippen LogP contribution in [0, 0.1) is 0 Å². The molecule has 4 heterocycles. The zero-order valence-corrected chi connectivity index (χ0v) is 24.8. The molecule has 8 nitrogen and oxygen atoms in total. The number of likely N-dealkylation sites (tertiary alicyclic amines) is 1. The Morgan fingerprint density at radius 2 is 1.64 bits per heavy atom. The minimum atomic E-state index is -0.00231. The molecule has 0 aliphatic carbocycles. The van der Waals surface area contributed by atoms with Crippen LogP contribution in [0.25, 0.3) is 39.4 Å². The SMILES string of the molecule is CCC(=O)Nc1cccc(-c2cn(C3CCN(Cc4ccc(-c5nc6ccccn6c5-c5ccccc5)cc4)CC3)nn2)c1. The van der Waals surface area contributed by atoms with Gasteiger partial charge in [0.25, 0.3) is 0 Å². The predicted molar refractivity (Wildman–Crippen MR) is 174 cm³/mol. The monoisotopic (exact) mass is 581 g/mol. The number of nitrogens with zero attached hydrogens (tertiary/aromatic N) is 6. The van der Waals surface area contributed by atoms with Crippen LogP contribution in [0.15, 0.2) is 109 Å². The van der Waals surface area contributed by atoms with Crippen molar-refractivity contribution in [3.8, 4) is 33.8 Å². The topological polar surface area (TPSA) is 80.4 Å². The molecule has 0 saturated carbocycles. The number of carbonyl (C=O) groups excluding carboxylic acids is 1. The summed E-state index contributed by atoms with van der Waals surface area (Å²) in [5, 5.41) is 11.8. The number of aromatic nitrogens is 5. The van der Waals surface area contributed by atoms with Crippen molar-refractivity contribution >= 4 is 17.2 Å². The molecular formula is C36H35N7O. The van der Waals surface area contributed by atoms with E-state index in [4.69, 9.17) is 4.98 Å². The van der Waals surface area contributed by atoms with E-state index in [-0.39, 0.29) is 5.91 Å². The molecule has 8 heteroatoms. The maximum Gasteiger partial charge on any atom is 0.224 e. The fraction of sp³-hybridized carbons (Fsp3) is 0.222. The van der Waals surface area contributed by atoms with Gasteiger partial charge in [0.2, 0.25) is 5.91 Å². The molecule has 0 spiro atoms. The number of nitrogens with one attached hydrogen (secondary N) is 1. The molecule has 44 heavy (non-hydrogen) atoms. The number of benzene rings is 3. The molecule has 1 aliphatic heterocycles. The number of carbonyl (C=O) groups is 1. The van der Waals surface area contributed by atoms with Gasteiger partial charge in [0.05, 0.1) is 23.6 Å². The highest BCUT2D eigenvalue weighted by molar-refractivity contribution is 5.91.